The van der Waals surface area contributed by atoms with Crippen LogP contribution >= 0.6 is 0 Å². The topological polar surface area (TPSA) is 55.1 Å². The molecule has 0 bridgehead atoms. The number of nitrogens with one attached hydrogen (secondary N) is 1. The maximum absolute atomic E-state index is 13.8. The Morgan fingerprint density at radius 2 is 1.85 bits per heavy atom. The molecule has 0 spiro atoms. The van der Waals surface area contributed by atoms with Crippen LogP contribution in [0.15, 0.2) is 47.0 Å². The van der Waals surface area contributed by atoms with Crippen molar-refractivity contribution in [1.82, 2.24) is 4.98 Å². The SMILES string of the molecule is Cc1cc(C)cc(NC(=O)CCc2ncc(-c3ccc(F)cc3F)o2)c1. The lowest BCUT2D eigenvalue weighted by Gasteiger charge is -2.07. The summed E-state index contributed by atoms with van der Waals surface area (Å²) in [6.45, 7) is 3.93. The van der Waals surface area contributed by atoms with Gasteiger partial charge in [-0.2, -0.15) is 0 Å². The minimum absolute atomic E-state index is 0.129. The molecule has 1 heterocycles. The van der Waals surface area contributed by atoms with Crippen LogP contribution in [-0.4, -0.2) is 10.9 Å². The molecule has 0 saturated heterocycles. The summed E-state index contributed by atoms with van der Waals surface area (Å²) in [5.41, 5.74) is 3.01. The van der Waals surface area contributed by atoms with Crippen molar-refractivity contribution < 1.29 is 18.0 Å². The van der Waals surface area contributed by atoms with Crippen LogP contribution in [0.4, 0.5) is 14.5 Å². The van der Waals surface area contributed by atoms with E-state index in [1.54, 1.807) is 0 Å². The molecule has 0 atom stereocenters. The van der Waals surface area contributed by atoms with Gasteiger partial charge in [0.15, 0.2) is 11.7 Å². The number of nitrogens with zero attached hydrogens (tertiary/aromatic N) is 1. The third-order valence-electron chi connectivity index (χ3n) is 3.82. The number of oxazole rings is 1. The van der Waals surface area contributed by atoms with Crippen molar-refractivity contribution in [2.75, 3.05) is 5.32 Å². The molecule has 0 unspecified atom stereocenters. The second-order valence-electron chi connectivity index (χ2n) is 6.17. The Morgan fingerprint density at radius 1 is 1.12 bits per heavy atom. The van der Waals surface area contributed by atoms with Crippen LogP contribution in [0, 0.1) is 25.5 Å². The summed E-state index contributed by atoms with van der Waals surface area (Å²) < 4.78 is 32.2. The number of rotatable bonds is 5. The highest BCUT2D eigenvalue weighted by Crippen LogP contribution is 2.24. The van der Waals surface area contributed by atoms with E-state index in [2.05, 4.69) is 10.3 Å². The van der Waals surface area contributed by atoms with Crippen LogP contribution in [0.5, 0.6) is 0 Å². The van der Waals surface area contributed by atoms with Crippen molar-refractivity contribution in [1.29, 1.82) is 0 Å². The van der Waals surface area contributed by atoms with Crippen molar-refractivity contribution in [3.63, 3.8) is 0 Å². The van der Waals surface area contributed by atoms with Gasteiger partial charge in [-0.3, -0.25) is 4.79 Å². The first kappa shape index (κ1) is 17.8. The van der Waals surface area contributed by atoms with Gasteiger partial charge in [-0.05, 0) is 49.2 Å². The van der Waals surface area contributed by atoms with Crippen molar-refractivity contribution in [3.8, 4) is 11.3 Å². The number of hydrogen-bond acceptors (Lipinski definition) is 3. The third-order valence-corrected chi connectivity index (χ3v) is 3.82. The van der Waals surface area contributed by atoms with E-state index in [0.29, 0.717) is 5.89 Å². The summed E-state index contributed by atoms with van der Waals surface area (Å²) in [6, 6.07) is 9.05. The Labute approximate surface area is 149 Å². The predicted octanol–water partition coefficient (Wildman–Crippen LogP) is 4.81. The fraction of sp³-hybridized carbons (Fsp3) is 0.200. The molecule has 1 amide bonds. The molecule has 6 heteroatoms. The van der Waals surface area contributed by atoms with E-state index in [9.17, 15) is 13.6 Å². The van der Waals surface area contributed by atoms with E-state index in [1.165, 1.54) is 12.3 Å². The number of aryl methyl sites for hydroxylation is 3. The van der Waals surface area contributed by atoms with Crippen LogP contribution in [0.2, 0.25) is 0 Å². The maximum atomic E-state index is 13.8. The third kappa shape index (κ3) is 4.33. The summed E-state index contributed by atoms with van der Waals surface area (Å²) in [5.74, 6) is -1.02. The van der Waals surface area contributed by atoms with Crippen LogP contribution in [0.25, 0.3) is 11.3 Å². The Hall–Kier alpha value is -3.02. The number of halogens is 2. The van der Waals surface area contributed by atoms with Gasteiger partial charge in [0.1, 0.15) is 11.6 Å². The standard InChI is InChI=1S/C20H18F2N2O2/c1-12-7-13(2)9-15(8-12)24-19(25)5-6-20-23-11-18(26-20)16-4-3-14(21)10-17(16)22/h3-4,7-11H,5-6H2,1-2H3,(H,24,25). The van der Waals surface area contributed by atoms with Crippen molar-refractivity contribution >= 4 is 11.6 Å². The van der Waals surface area contributed by atoms with Gasteiger partial charge in [-0.1, -0.05) is 6.07 Å². The number of anilines is 1. The second-order valence-corrected chi connectivity index (χ2v) is 6.17. The molecule has 0 aliphatic carbocycles. The zero-order valence-electron chi connectivity index (χ0n) is 14.5. The molecular weight excluding hydrogens is 338 g/mol. The molecule has 4 nitrogen and oxygen atoms in total. The molecule has 0 radical (unpaired) electrons. The van der Waals surface area contributed by atoms with Gasteiger partial charge < -0.3 is 9.73 Å². The van der Waals surface area contributed by atoms with E-state index in [0.717, 1.165) is 28.9 Å². The van der Waals surface area contributed by atoms with Gasteiger partial charge in [-0.25, -0.2) is 13.8 Å². The highest BCUT2D eigenvalue weighted by atomic mass is 19.1. The molecule has 0 saturated carbocycles. The summed E-state index contributed by atoms with van der Waals surface area (Å²) in [5, 5.41) is 2.84. The minimum atomic E-state index is -0.722. The normalized spacial score (nSPS) is 10.8. The molecule has 3 aromatic rings. The first-order valence-electron chi connectivity index (χ1n) is 8.19. The second kappa shape index (κ2) is 7.47. The predicted molar refractivity (Wildman–Crippen MR) is 94.7 cm³/mol. The van der Waals surface area contributed by atoms with Crippen LogP contribution < -0.4 is 5.32 Å². The van der Waals surface area contributed by atoms with Gasteiger partial charge in [0.25, 0.3) is 0 Å². The largest absolute Gasteiger partial charge is 0.441 e. The maximum Gasteiger partial charge on any atom is 0.224 e. The Balaban J connectivity index is 1.61. The first-order valence-corrected chi connectivity index (χ1v) is 8.19. The molecule has 1 N–H and O–H groups in total. The van der Waals surface area contributed by atoms with E-state index in [4.69, 9.17) is 4.42 Å². The number of aromatic nitrogens is 1. The molecule has 1 aromatic heterocycles. The lowest BCUT2D eigenvalue weighted by molar-refractivity contribution is -0.116. The fourth-order valence-electron chi connectivity index (χ4n) is 2.73. The minimum Gasteiger partial charge on any atom is -0.441 e. The number of carbonyl (C=O) groups is 1. The van der Waals surface area contributed by atoms with Gasteiger partial charge >= 0.3 is 0 Å². The molecule has 3 rings (SSSR count). The van der Waals surface area contributed by atoms with E-state index < -0.39 is 11.6 Å². The number of carbonyl (C=O) groups excluding carboxylic acids is 1. The first-order chi connectivity index (χ1) is 12.4. The van der Waals surface area contributed by atoms with Gasteiger partial charge in [0.05, 0.1) is 11.8 Å². The van der Waals surface area contributed by atoms with E-state index in [1.807, 2.05) is 32.0 Å². The Morgan fingerprint density at radius 3 is 2.54 bits per heavy atom. The molecule has 0 fully saturated rings. The number of hydrogen-bond donors (Lipinski definition) is 1. The average Bonchev–Trinajstić information content (AvgIpc) is 3.00. The van der Waals surface area contributed by atoms with Crippen molar-refractivity contribution in [2.24, 2.45) is 0 Å². The monoisotopic (exact) mass is 356 g/mol. The zero-order chi connectivity index (χ0) is 18.7. The summed E-state index contributed by atoms with van der Waals surface area (Å²) in [4.78, 5) is 16.2. The molecular formula is C20H18F2N2O2. The number of benzene rings is 2. The van der Waals surface area contributed by atoms with Crippen LogP contribution in [-0.2, 0) is 11.2 Å². The average molecular weight is 356 g/mol. The molecule has 0 aliphatic heterocycles. The van der Waals surface area contributed by atoms with Crippen molar-refractivity contribution in [3.05, 3.63) is 71.2 Å². The molecule has 26 heavy (non-hydrogen) atoms. The van der Waals surface area contributed by atoms with E-state index in [-0.39, 0.29) is 30.1 Å². The Bertz CT molecular complexity index is 930. The van der Waals surface area contributed by atoms with Gasteiger partial charge in [-0.15, -0.1) is 0 Å². The Kier molecular flexibility index (Phi) is 5.11. The summed E-state index contributed by atoms with van der Waals surface area (Å²) in [7, 11) is 0. The molecule has 2 aromatic carbocycles. The van der Waals surface area contributed by atoms with Crippen molar-refractivity contribution in [2.45, 2.75) is 26.7 Å². The summed E-state index contributed by atoms with van der Waals surface area (Å²) in [6.07, 6.45) is 1.83. The highest BCUT2D eigenvalue weighted by molar-refractivity contribution is 5.90. The van der Waals surface area contributed by atoms with Gasteiger partial charge in [0, 0.05) is 24.6 Å². The van der Waals surface area contributed by atoms with Crippen LogP contribution in [0.1, 0.15) is 23.4 Å². The number of amides is 1. The lowest BCUT2D eigenvalue weighted by atomic mass is 10.1. The quantitative estimate of drug-likeness (QED) is 0.714. The van der Waals surface area contributed by atoms with E-state index >= 15 is 0 Å². The smallest absolute Gasteiger partial charge is 0.224 e. The fourth-order valence-corrected chi connectivity index (χ4v) is 2.73. The zero-order valence-corrected chi connectivity index (χ0v) is 14.5. The molecule has 0 aliphatic rings. The summed E-state index contributed by atoms with van der Waals surface area (Å²) >= 11 is 0. The van der Waals surface area contributed by atoms with Gasteiger partial charge in [0.2, 0.25) is 5.91 Å². The highest BCUT2D eigenvalue weighted by Gasteiger charge is 2.13. The van der Waals surface area contributed by atoms with Crippen LogP contribution in [0.3, 0.4) is 0 Å². The molecule has 134 valence electrons. The lowest BCUT2D eigenvalue weighted by Crippen LogP contribution is -2.12.